The van der Waals surface area contributed by atoms with E-state index in [-0.39, 0.29) is 31.0 Å². The molecule has 1 aliphatic rings. The van der Waals surface area contributed by atoms with Crippen LogP contribution < -0.4 is 10.6 Å². The van der Waals surface area contributed by atoms with Gasteiger partial charge in [-0.05, 0) is 18.6 Å². The van der Waals surface area contributed by atoms with Crippen molar-refractivity contribution >= 4 is 28.8 Å². The summed E-state index contributed by atoms with van der Waals surface area (Å²) in [6, 6.07) is 8.70. The van der Waals surface area contributed by atoms with E-state index < -0.39 is 31.1 Å². The summed E-state index contributed by atoms with van der Waals surface area (Å²) in [6.45, 7) is 2.89. The van der Waals surface area contributed by atoms with Gasteiger partial charge in [0.15, 0.2) is 23.2 Å². The molecule has 1 fully saturated rings. The monoisotopic (exact) mass is 614 g/mol. The number of aliphatic hydroxyl groups excluding tert-OH is 2. The molecule has 3 heterocycles. The summed E-state index contributed by atoms with van der Waals surface area (Å²) in [6.07, 6.45) is 4.93. The Bertz CT molecular complexity index is 1310. The molecule has 1 aliphatic heterocycles. The van der Waals surface area contributed by atoms with Crippen molar-refractivity contribution in [3.8, 4) is 0 Å². The lowest BCUT2D eigenvalue weighted by atomic mass is 10.1. The van der Waals surface area contributed by atoms with E-state index in [0.717, 1.165) is 12.8 Å². The van der Waals surface area contributed by atoms with Crippen molar-refractivity contribution in [2.45, 2.75) is 70.0 Å². The molecule has 44 heavy (non-hydrogen) atoms. The van der Waals surface area contributed by atoms with Gasteiger partial charge in [0.25, 0.3) is 5.91 Å². The smallest absolute Gasteiger partial charge is 0.256 e. The highest BCUT2D eigenvalue weighted by atomic mass is 16.7. The van der Waals surface area contributed by atoms with Gasteiger partial charge in [-0.3, -0.25) is 14.2 Å². The molecule has 0 spiro atoms. The van der Waals surface area contributed by atoms with E-state index in [1.165, 1.54) is 31.9 Å². The number of aromatic nitrogens is 4. The maximum absolute atomic E-state index is 12.7. The van der Waals surface area contributed by atoms with Crippen LogP contribution >= 0.6 is 0 Å². The number of nitrogens with one attached hydrogen (secondary N) is 2. The Hall–Kier alpha value is -3.53. The molecule has 14 nitrogen and oxygen atoms in total. The number of anilines is 1. The van der Waals surface area contributed by atoms with Gasteiger partial charge in [0.2, 0.25) is 5.91 Å². The minimum absolute atomic E-state index is 0.0353. The minimum Gasteiger partial charge on any atom is -0.394 e. The van der Waals surface area contributed by atoms with Crippen LogP contribution in [-0.2, 0) is 23.7 Å². The molecule has 240 valence electrons. The van der Waals surface area contributed by atoms with Crippen molar-refractivity contribution in [1.82, 2.24) is 24.8 Å². The Morgan fingerprint density at radius 3 is 2.61 bits per heavy atom. The van der Waals surface area contributed by atoms with Crippen molar-refractivity contribution < 1.29 is 38.7 Å². The van der Waals surface area contributed by atoms with Gasteiger partial charge in [-0.2, -0.15) is 0 Å². The summed E-state index contributed by atoms with van der Waals surface area (Å²) < 4.78 is 24.3. The number of carbonyl (C=O) groups excluding carboxylic acids is 2. The third-order valence-corrected chi connectivity index (χ3v) is 7.19. The van der Waals surface area contributed by atoms with Crippen molar-refractivity contribution in [3.63, 3.8) is 0 Å². The predicted molar refractivity (Wildman–Crippen MR) is 160 cm³/mol. The van der Waals surface area contributed by atoms with Crippen molar-refractivity contribution in [2.75, 3.05) is 45.1 Å². The maximum atomic E-state index is 12.7. The van der Waals surface area contributed by atoms with Gasteiger partial charge in [0.1, 0.15) is 31.4 Å². The zero-order valence-electron chi connectivity index (χ0n) is 25.0. The highest BCUT2D eigenvalue weighted by Crippen LogP contribution is 2.34. The zero-order chi connectivity index (χ0) is 31.1. The Morgan fingerprint density at radius 2 is 1.82 bits per heavy atom. The minimum atomic E-state index is -1.16. The highest BCUT2D eigenvalue weighted by molar-refractivity contribution is 6.06. The number of rotatable bonds is 19. The Balaban J connectivity index is 1.23. The van der Waals surface area contributed by atoms with E-state index in [0.29, 0.717) is 42.9 Å². The normalized spacial score (nSPS) is 19.8. The first kappa shape index (κ1) is 33.4. The fourth-order valence-electron chi connectivity index (χ4n) is 4.82. The predicted octanol–water partition coefficient (Wildman–Crippen LogP) is 2.18. The van der Waals surface area contributed by atoms with Gasteiger partial charge < -0.3 is 39.8 Å². The fraction of sp³-hybridized carbons (Fsp3) is 0.567. The van der Waals surface area contributed by atoms with E-state index in [4.69, 9.17) is 18.9 Å². The third kappa shape index (κ3) is 9.24. The molecule has 0 aliphatic carbocycles. The van der Waals surface area contributed by atoms with Gasteiger partial charge >= 0.3 is 0 Å². The SMILES string of the molecule is CCCCCCCC(=O)NCCOCCOCO[C@H]1C(O)[C@@H](CO)O[C@H]1n1cnc2c(NC(=O)c3ccccc3)ncnc21. The van der Waals surface area contributed by atoms with Crippen LogP contribution in [0, 0.1) is 0 Å². The summed E-state index contributed by atoms with van der Waals surface area (Å²) >= 11 is 0. The van der Waals surface area contributed by atoms with Crippen LogP contribution in [0.3, 0.4) is 0 Å². The Morgan fingerprint density at radius 1 is 1.02 bits per heavy atom. The van der Waals surface area contributed by atoms with Crippen LogP contribution in [-0.4, -0.2) is 99.6 Å². The molecule has 2 aromatic heterocycles. The Kier molecular flexibility index (Phi) is 13.4. The molecule has 4 N–H and O–H groups in total. The maximum Gasteiger partial charge on any atom is 0.256 e. The van der Waals surface area contributed by atoms with Crippen LogP contribution in [0.5, 0.6) is 0 Å². The van der Waals surface area contributed by atoms with Crippen molar-refractivity contribution in [2.24, 2.45) is 0 Å². The van der Waals surface area contributed by atoms with E-state index in [1.807, 2.05) is 6.07 Å². The second-order valence-electron chi connectivity index (χ2n) is 10.4. The number of hydrogen-bond acceptors (Lipinski definition) is 11. The molecule has 0 bridgehead atoms. The zero-order valence-corrected chi connectivity index (χ0v) is 25.0. The first-order valence-electron chi connectivity index (χ1n) is 15.1. The van der Waals surface area contributed by atoms with Crippen LogP contribution in [0.4, 0.5) is 5.82 Å². The largest absolute Gasteiger partial charge is 0.394 e. The first-order valence-corrected chi connectivity index (χ1v) is 15.1. The second-order valence-corrected chi connectivity index (χ2v) is 10.4. The van der Waals surface area contributed by atoms with Gasteiger partial charge in [-0.1, -0.05) is 50.8 Å². The fourth-order valence-corrected chi connectivity index (χ4v) is 4.82. The number of aliphatic hydroxyl groups is 2. The molecule has 0 radical (unpaired) electrons. The number of carbonyl (C=O) groups is 2. The lowest BCUT2D eigenvalue weighted by Gasteiger charge is -2.22. The average molecular weight is 615 g/mol. The molecule has 3 aromatic rings. The molecule has 2 amide bonds. The second kappa shape index (κ2) is 17.7. The van der Waals surface area contributed by atoms with E-state index in [1.54, 1.807) is 28.8 Å². The lowest BCUT2D eigenvalue weighted by molar-refractivity contribution is -0.143. The van der Waals surface area contributed by atoms with Gasteiger partial charge in [-0.15, -0.1) is 0 Å². The van der Waals surface area contributed by atoms with Crippen LogP contribution in [0.25, 0.3) is 11.2 Å². The number of unbranched alkanes of at least 4 members (excludes halogenated alkanes) is 4. The lowest BCUT2D eigenvalue weighted by Crippen LogP contribution is -2.36. The molecule has 1 aromatic carbocycles. The number of imidazole rings is 1. The van der Waals surface area contributed by atoms with Gasteiger partial charge in [0.05, 0.1) is 32.8 Å². The quantitative estimate of drug-likeness (QED) is 0.115. The van der Waals surface area contributed by atoms with Crippen LogP contribution in [0.2, 0.25) is 0 Å². The molecule has 4 atom stereocenters. The number of benzene rings is 1. The number of ether oxygens (including phenoxy) is 4. The molecule has 14 heteroatoms. The van der Waals surface area contributed by atoms with Crippen LogP contribution in [0.1, 0.15) is 62.0 Å². The third-order valence-electron chi connectivity index (χ3n) is 7.19. The molecule has 1 saturated heterocycles. The van der Waals surface area contributed by atoms with Crippen molar-refractivity contribution in [3.05, 3.63) is 48.5 Å². The van der Waals surface area contributed by atoms with Gasteiger partial charge in [-0.25, -0.2) is 15.0 Å². The average Bonchev–Trinajstić information content (AvgIpc) is 3.61. The van der Waals surface area contributed by atoms with Crippen LogP contribution in [0.15, 0.2) is 43.0 Å². The summed E-state index contributed by atoms with van der Waals surface area (Å²) in [5, 5.41) is 26.1. The number of nitrogens with zero attached hydrogens (tertiary/aromatic N) is 4. The van der Waals surface area contributed by atoms with Crippen molar-refractivity contribution in [1.29, 1.82) is 0 Å². The summed E-state index contributed by atoms with van der Waals surface area (Å²) in [4.78, 5) is 37.4. The highest BCUT2D eigenvalue weighted by Gasteiger charge is 2.46. The summed E-state index contributed by atoms with van der Waals surface area (Å²) in [7, 11) is 0. The number of fused-ring (bicyclic) bond motifs is 1. The molecule has 4 rings (SSSR count). The molecule has 1 unspecified atom stereocenters. The first-order chi connectivity index (χ1) is 21.5. The molecule has 0 saturated carbocycles. The summed E-state index contributed by atoms with van der Waals surface area (Å²) in [5.74, 6) is -0.107. The number of amides is 2. The molecular weight excluding hydrogens is 572 g/mol. The Labute approximate surface area is 256 Å². The van der Waals surface area contributed by atoms with Gasteiger partial charge in [0, 0.05) is 18.5 Å². The van der Waals surface area contributed by atoms with E-state index in [2.05, 4.69) is 32.5 Å². The summed E-state index contributed by atoms with van der Waals surface area (Å²) in [5.41, 5.74) is 1.11. The van der Waals surface area contributed by atoms with E-state index >= 15 is 0 Å². The number of hydrogen-bond donors (Lipinski definition) is 4. The molecular formula is C30H42N6O8. The topological polar surface area (TPSA) is 179 Å². The van der Waals surface area contributed by atoms with E-state index in [9.17, 15) is 19.8 Å². The standard InChI is InChI=1S/C30H42N6O8/c1-2-3-4-5-9-12-23(38)31-13-14-41-15-16-42-20-43-26-25(39)22(17-37)44-30(26)36-19-34-24-27(32-18-33-28(24)36)35-29(40)21-10-7-6-8-11-21/h6-8,10-11,18-19,22,25-26,30,37,39H,2-5,9,12-17,20H2,1H3,(H,31,38)(H,32,33,35,40)/t22-,25?,26+,30-/m1/s1.